The molecule has 0 aliphatic heterocycles. The fourth-order valence-corrected chi connectivity index (χ4v) is 4.22. The maximum absolute atomic E-state index is 11.1. The third-order valence-electron chi connectivity index (χ3n) is 4.07. The van der Waals surface area contributed by atoms with Crippen LogP contribution in [-0.4, -0.2) is 15.3 Å². The predicted octanol–water partition coefficient (Wildman–Crippen LogP) is 3.90. The first-order valence-corrected chi connectivity index (χ1v) is 8.40. The van der Waals surface area contributed by atoms with Gasteiger partial charge in [0.1, 0.15) is 0 Å². The number of fused-ring (bicyclic) bond motifs is 3. The summed E-state index contributed by atoms with van der Waals surface area (Å²) in [6.45, 7) is 1.51. The minimum atomic E-state index is -0.0538. The Labute approximate surface area is 132 Å². The second kappa shape index (κ2) is 5.25. The molecule has 1 aromatic carbocycles. The third kappa shape index (κ3) is 2.31. The summed E-state index contributed by atoms with van der Waals surface area (Å²) in [7, 11) is 0. The number of nitrogens with zero attached hydrogens (tertiary/aromatic N) is 2. The molecule has 2 aromatic heterocycles. The Balaban J connectivity index is 1.69. The van der Waals surface area contributed by atoms with Gasteiger partial charge in [-0.1, -0.05) is 12.1 Å². The first-order valence-electron chi connectivity index (χ1n) is 7.58. The van der Waals surface area contributed by atoms with E-state index in [4.69, 9.17) is 4.98 Å². The average molecular weight is 311 g/mol. The van der Waals surface area contributed by atoms with E-state index >= 15 is 0 Å². The molecule has 4 nitrogen and oxygen atoms in total. The number of aryl methyl sites for hydroxylation is 2. The number of thiazole rings is 1. The summed E-state index contributed by atoms with van der Waals surface area (Å²) in [5, 5.41) is 2.78. The van der Waals surface area contributed by atoms with E-state index in [9.17, 15) is 4.79 Å². The summed E-state index contributed by atoms with van der Waals surface area (Å²) < 4.78 is 2.26. The van der Waals surface area contributed by atoms with Gasteiger partial charge in [-0.2, -0.15) is 0 Å². The lowest BCUT2D eigenvalue weighted by Gasteiger charge is -2.09. The van der Waals surface area contributed by atoms with Crippen molar-refractivity contribution < 1.29 is 4.79 Å². The summed E-state index contributed by atoms with van der Waals surface area (Å²) in [6.07, 6.45) is 7.08. The average Bonchev–Trinajstić information content (AvgIpc) is 3.05. The summed E-state index contributed by atoms with van der Waals surface area (Å²) in [4.78, 5) is 18.4. The molecule has 0 fully saturated rings. The lowest BCUT2D eigenvalue weighted by Crippen LogP contribution is -2.05. The molecule has 0 atom stereocenters. The van der Waals surface area contributed by atoms with Crippen LogP contribution in [-0.2, 0) is 17.6 Å². The lowest BCUT2D eigenvalue weighted by molar-refractivity contribution is -0.114. The molecule has 0 saturated carbocycles. The Morgan fingerprint density at radius 1 is 1.23 bits per heavy atom. The van der Waals surface area contributed by atoms with E-state index in [0.717, 1.165) is 28.3 Å². The van der Waals surface area contributed by atoms with Gasteiger partial charge in [0.15, 0.2) is 4.96 Å². The highest BCUT2D eigenvalue weighted by molar-refractivity contribution is 7.17. The lowest BCUT2D eigenvalue weighted by atomic mass is 10.0. The van der Waals surface area contributed by atoms with Crippen LogP contribution >= 0.6 is 11.3 Å². The van der Waals surface area contributed by atoms with Crippen LogP contribution in [0.5, 0.6) is 0 Å². The monoisotopic (exact) mass is 311 g/mol. The standard InChI is InChI=1S/C17H17N3OS/c1-11(21)18-13-8-6-12(7-9-13)14-10-20-15-4-2-3-5-16(15)22-17(20)19-14/h6-10H,2-5H2,1H3,(H,18,21). The number of carbonyl (C=O) groups is 1. The number of anilines is 1. The van der Waals surface area contributed by atoms with Gasteiger partial charge in [-0.3, -0.25) is 9.20 Å². The Morgan fingerprint density at radius 2 is 2.00 bits per heavy atom. The number of benzene rings is 1. The largest absolute Gasteiger partial charge is 0.326 e. The fourth-order valence-electron chi connectivity index (χ4n) is 3.03. The van der Waals surface area contributed by atoms with Crippen molar-refractivity contribution in [3.63, 3.8) is 0 Å². The molecule has 2 heterocycles. The first kappa shape index (κ1) is 13.5. The number of aromatic nitrogens is 2. The van der Waals surface area contributed by atoms with Gasteiger partial charge in [0.05, 0.1) is 5.69 Å². The van der Waals surface area contributed by atoms with E-state index in [0.29, 0.717) is 0 Å². The van der Waals surface area contributed by atoms with Crippen molar-refractivity contribution in [1.82, 2.24) is 9.38 Å². The van der Waals surface area contributed by atoms with Crippen LogP contribution in [0.2, 0.25) is 0 Å². The van der Waals surface area contributed by atoms with Crippen molar-refractivity contribution >= 4 is 27.9 Å². The molecular weight excluding hydrogens is 294 g/mol. The Bertz CT molecular complexity index is 845. The molecule has 1 N–H and O–H groups in total. The van der Waals surface area contributed by atoms with E-state index in [1.807, 2.05) is 35.6 Å². The number of nitrogens with one attached hydrogen (secondary N) is 1. The zero-order chi connectivity index (χ0) is 15.1. The van der Waals surface area contributed by atoms with E-state index < -0.39 is 0 Å². The van der Waals surface area contributed by atoms with Crippen LogP contribution in [0.4, 0.5) is 5.69 Å². The van der Waals surface area contributed by atoms with Gasteiger partial charge in [-0.15, -0.1) is 11.3 Å². The number of rotatable bonds is 2. The zero-order valence-electron chi connectivity index (χ0n) is 12.4. The highest BCUT2D eigenvalue weighted by Crippen LogP contribution is 2.32. The zero-order valence-corrected chi connectivity index (χ0v) is 13.2. The summed E-state index contributed by atoms with van der Waals surface area (Å²) in [6, 6.07) is 7.84. The van der Waals surface area contributed by atoms with Crippen molar-refractivity contribution in [2.75, 3.05) is 5.32 Å². The normalized spacial score (nSPS) is 14.0. The Morgan fingerprint density at radius 3 is 2.77 bits per heavy atom. The minimum absolute atomic E-state index is 0.0538. The molecule has 5 heteroatoms. The number of hydrogen-bond acceptors (Lipinski definition) is 3. The van der Waals surface area contributed by atoms with Gasteiger partial charge < -0.3 is 5.32 Å². The molecular formula is C17H17N3OS. The molecule has 3 aromatic rings. The summed E-state index contributed by atoms with van der Waals surface area (Å²) >= 11 is 1.82. The number of hydrogen-bond donors (Lipinski definition) is 1. The molecule has 1 aliphatic carbocycles. The molecule has 1 amide bonds. The maximum Gasteiger partial charge on any atom is 0.221 e. The van der Waals surface area contributed by atoms with Crippen molar-refractivity contribution in [1.29, 1.82) is 0 Å². The van der Waals surface area contributed by atoms with Gasteiger partial charge in [-0.05, 0) is 37.8 Å². The molecule has 22 heavy (non-hydrogen) atoms. The van der Waals surface area contributed by atoms with Gasteiger partial charge >= 0.3 is 0 Å². The molecule has 0 bridgehead atoms. The summed E-state index contributed by atoms with van der Waals surface area (Å²) in [5.41, 5.74) is 4.33. The van der Waals surface area contributed by atoms with Crippen LogP contribution in [0.1, 0.15) is 30.3 Å². The topological polar surface area (TPSA) is 46.4 Å². The second-order valence-electron chi connectivity index (χ2n) is 5.72. The van der Waals surface area contributed by atoms with E-state index in [-0.39, 0.29) is 5.91 Å². The molecule has 0 spiro atoms. The number of imidazole rings is 1. The smallest absolute Gasteiger partial charge is 0.221 e. The number of amides is 1. The van der Waals surface area contributed by atoms with Crippen LogP contribution in [0.3, 0.4) is 0 Å². The Hall–Kier alpha value is -2.14. The second-order valence-corrected chi connectivity index (χ2v) is 6.78. The van der Waals surface area contributed by atoms with Crippen LogP contribution in [0, 0.1) is 0 Å². The van der Waals surface area contributed by atoms with Gasteiger partial charge in [0.2, 0.25) is 5.91 Å². The van der Waals surface area contributed by atoms with Crippen molar-refractivity contribution in [3.8, 4) is 11.3 Å². The van der Waals surface area contributed by atoms with Crippen molar-refractivity contribution in [2.24, 2.45) is 0 Å². The fraction of sp³-hybridized carbons (Fsp3) is 0.294. The van der Waals surface area contributed by atoms with Crippen LogP contribution < -0.4 is 5.32 Å². The van der Waals surface area contributed by atoms with Crippen molar-refractivity contribution in [3.05, 3.63) is 41.0 Å². The third-order valence-corrected chi connectivity index (χ3v) is 5.23. The summed E-state index contributed by atoms with van der Waals surface area (Å²) in [5.74, 6) is -0.0538. The molecule has 0 saturated heterocycles. The first-order chi connectivity index (χ1) is 10.7. The van der Waals surface area contributed by atoms with E-state index in [1.54, 1.807) is 0 Å². The van der Waals surface area contributed by atoms with E-state index in [1.165, 1.54) is 36.8 Å². The molecule has 0 unspecified atom stereocenters. The van der Waals surface area contributed by atoms with Gasteiger partial charge in [-0.25, -0.2) is 4.98 Å². The van der Waals surface area contributed by atoms with Crippen LogP contribution in [0.15, 0.2) is 30.5 Å². The molecule has 4 rings (SSSR count). The molecule has 1 aliphatic rings. The van der Waals surface area contributed by atoms with Crippen LogP contribution in [0.25, 0.3) is 16.2 Å². The highest BCUT2D eigenvalue weighted by atomic mass is 32.1. The van der Waals surface area contributed by atoms with Gasteiger partial charge in [0.25, 0.3) is 0 Å². The molecule has 112 valence electrons. The molecule has 0 radical (unpaired) electrons. The quantitative estimate of drug-likeness (QED) is 0.780. The minimum Gasteiger partial charge on any atom is -0.326 e. The Kier molecular flexibility index (Phi) is 3.22. The number of carbonyl (C=O) groups excluding carboxylic acids is 1. The highest BCUT2D eigenvalue weighted by Gasteiger charge is 2.18. The van der Waals surface area contributed by atoms with E-state index in [2.05, 4.69) is 15.9 Å². The van der Waals surface area contributed by atoms with Crippen molar-refractivity contribution in [2.45, 2.75) is 32.6 Å². The SMILES string of the molecule is CC(=O)Nc1ccc(-c2cn3c4c(sc3n2)CCCC4)cc1. The predicted molar refractivity (Wildman–Crippen MR) is 89.5 cm³/mol. The maximum atomic E-state index is 11.1. The van der Waals surface area contributed by atoms with Gasteiger partial charge in [0, 0.05) is 34.9 Å².